The van der Waals surface area contributed by atoms with E-state index in [0.717, 1.165) is 42.8 Å². The Bertz CT molecular complexity index is 641. The molecule has 1 aliphatic heterocycles. The third kappa shape index (κ3) is 4.16. The van der Waals surface area contributed by atoms with Gasteiger partial charge in [0.25, 0.3) is 0 Å². The van der Waals surface area contributed by atoms with Gasteiger partial charge in [-0.15, -0.1) is 0 Å². The van der Waals surface area contributed by atoms with E-state index in [2.05, 4.69) is 24.5 Å². The largest absolute Gasteiger partial charge is 0.459 e. The fourth-order valence-electron chi connectivity index (χ4n) is 3.10. The van der Waals surface area contributed by atoms with Crippen molar-refractivity contribution >= 4 is 16.9 Å². The van der Waals surface area contributed by atoms with Crippen LogP contribution in [-0.4, -0.2) is 31.2 Å². The molecule has 1 fully saturated rings. The SMILES string of the molecule is CC(C)[C@@H](NC1CCOCC1)C(=O)NCc1cc2ccccc2o1. The highest BCUT2D eigenvalue weighted by molar-refractivity contribution is 5.82. The fourth-order valence-corrected chi connectivity index (χ4v) is 3.10. The number of hydrogen-bond donors (Lipinski definition) is 2. The molecule has 1 amide bonds. The molecule has 3 rings (SSSR count). The number of carbonyl (C=O) groups excluding carboxylic acids is 1. The summed E-state index contributed by atoms with van der Waals surface area (Å²) in [4.78, 5) is 12.6. The molecule has 1 aromatic heterocycles. The number of nitrogens with one attached hydrogen (secondary N) is 2. The monoisotopic (exact) mass is 330 g/mol. The van der Waals surface area contributed by atoms with Crippen LogP contribution >= 0.6 is 0 Å². The molecule has 1 aliphatic rings. The first-order valence-electron chi connectivity index (χ1n) is 8.72. The van der Waals surface area contributed by atoms with Crippen molar-refractivity contribution in [1.82, 2.24) is 10.6 Å². The summed E-state index contributed by atoms with van der Waals surface area (Å²) in [5.74, 6) is 1.03. The van der Waals surface area contributed by atoms with Crippen molar-refractivity contribution in [3.63, 3.8) is 0 Å². The standard InChI is InChI=1S/C19H26N2O3/c1-13(2)18(21-15-7-9-23-10-8-15)19(22)20-12-16-11-14-5-3-4-6-17(14)24-16/h3-6,11,13,15,18,21H,7-10,12H2,1-2H3,(H,20,22)/t18-/m1/s1. The Labute approximate surface area is 142 Å². The summed E-state index contributed by atoms with van der Waals surface area (Å²) < 4.78 is 11.1. The van der Waals surface area contributed by atoms with Crippen molar-refractivity contribution < 1.29 is 13.9 Å². The van der Waals surface area contributed by atoms with E-state index in [4.69, 9.17) is 9.15 Å². The lowest BCUT2D eigenvalue weighted by Gasteiger charge is -2.29. The molecule has 24 heavy (non-hydrogen) atoms. The van der Waals surface area contributed by atoms with Crippen LogP contribution in [-0.2, 0) is 16.1 Å². The summed E-state index contributed by atoms with van der Waals surface area (Å²) in [5, 5.41) is 7.56. The topological polar surface area (TPSA) is 63.5 Å². The zero-order chi connectivity index (χ0) is 16.9. The molecule has 0 bridgehead atoms. The number of carbonyl (C=O) groups is 1. The first-order valence-corrected chi connectivity index (χ1v) is 8.72. The minimum atomic E-state index is -0.197. The van der Waals surface area contributed by atoms with Crippen LogP contribution in [0.25, 0.3) is 11.0 Å². The number of hydrogen-bond acceptors (Lipinski definition) is 4. The van der Waals surface area contributed by atoms with E-state index in [9.17, 15) is 4.79 Å². The second-order valence-electron chi connectivity index (χ2n) is 6.74. The van der Waals surface area contributed by atoms with Gasteiger partial charge in [-0.2, -0.15) is 0 Å². The molecule has 130 valence electrons. The number of rotatable bonds is 6. The molecule has 5 nitrogen and oxygen atoms in total. The van der Waals surface area contributed by atoms with Crippen molar-refractivity contribution in [1.29, 1.82) is 0 Å². The highest BCUT2D eigenvalue weighted by Gasteiger charge is 2.26. The highest BCUT2D eigenvalue weighted by atomic mass is 16.5. The van der Waals surface area contributed by atoms with Crippen molar-refractivity contribution in [3.05, 3.63) is 36.1 Å². The van der Waals surface area contributed by atoms with Gasteiger partial charge in [-0.05, 0) is 30.9 Å². The smallest absolute Gasteiger partial charge is 0.237 e. The van der Waals surface area contributed by atoms with Crippen molar-refractivity contribution in [2.75, 3.05) is 13.2 Å². The van der Waals surface area contributed by atoms with Gasteiger partial charge in [-0.3, -0.25) is 4.79 Å². The molecule has 0 saturated carbocycles. The first-order chi connectivity index (χ1) is 11.6. The summed E-state index contributed by atoms with van der Waals surface area (Å²) in [7, 11) is 0. The Hall–Kier alpha value is -1.85. The van der Waals surface area contributed by atoms with Crippen LogP contribution in [0, 0.1) is 5.92 Å². The van der Waals surface area contributed by atoms with Crippen molar-refractivity contribution in [3.8, 4) is 0 Å². The third-order valence-corrected chi connectivity index (χ3v) is 4.50. The van der Waals surface area contributed by atoms with Gasteiger partial charge in [-0.25, -0.2) is 0 Å². The number of furan rings is 1. The average molecular weight is 330 g/mol. The lowest BCUT2D eigenvalue weighted by molar-refractivity contribution is -0.124. The Kier molecular flexibility index (Phi) is 5.53. The predicted octanol–water partition coefficient (Wildman–Crippen LogP) is 2.84. The lowest BCUT2D eigenvalue weighted by atomic mass is 10.00. The van der Waals surface area contributed by atoms with Crippen LogP contribution < -0.4 is 10.6 Å². The maximum atomic E-state index is 12.6. The fraction of sp³-hybridized carbons (Fsp3) is 0.526. The van der Waals surface area contributed by atoms with Crippen molar-refractivity contribution in [2.45, 2.75) is 45.3 Å². The van der Waals surface area contributed by atoms with E-state index < -0.39 is 0 Å². The quantitative estimate of drug-likeness (QED) is 0.855. The van der Waals surface area contributed by atoms with Crippen LogP contribution in [0.15, 0.2) is 34.7 Å². The summed E-state index contributed by atoms with van der Waals surface area (Å²) in [6.07, 6.45) is 1.92. The van der Waals surface area contributed by atoms with E-state index in [-0.39, 0.29) is 17.9 Å². The number of ether oxygens (including phenoxy) is 1. The minimum absolute atomic E-state index is 0.0250. The maximum absolute atomic E-state index is 12.6. The van der Waals surface area contributed by atoms with E-state index in [1.807, 2.05) is 30.3 Å². The van der Waals surface area contributed by atoms with Gasteiger partial charge in [0, 0.05) is 24.6 Å². The Morgan fingerprint density at radius 1 is 1.25 bits per heavy atom. The van der Waals surface area contributed by atoms with Gasteiger partial charge in [-0.1, -0.05) is 32.0 Å². The molecule has 1 atom stereocenters. The van der Waals surface area contributed by atoms with E-state index in [1.54, 1.807) is 0 Å². The molecular formula is C19H26N2O3. The molecule has 0 radical (unpaired) electrons. The van der Waals surface area contributed by atoms with Gasteiger partial charge < -0.3 is 19.8 Å². The summed E-state index contributed by atoms with van der Waals surface area (Å²) >= 11 is 0. The molecular weight excluding hydrogens is 304 g/mol. The zero-order valence-electron chi connectivity index (χ0n) is 14.4. The Morgan fingerprint density at radius 3 is 2.71 bits per heavy atom. The number of amides is 1. The van der Waals surface area contributed by atoms with Crippen LogP contribution in [0.2, 0.25) is 0 Å². The molecule has 2 heterocycles. The summed E-state index contributed by atoms with van der Waals surface area (Å²) in [6.45, 7) is 6.08. The van der Waals surface area contributed by atoms with Crippen molar-refractivity contribution in [2.24, 2.45) is 5.92 Å². The zero-order valence-corrected chi connectivity index (χ0v) is 14.4. The van der Waals surface area contributed by atoms with E-state index in [1.165, 1.54) is 0 Å². The van der Waals surface area contributed by atoms with Crippen LogP contribution in [0.1, 0.15) is 32.4 Å². The predicted molar refractivity (Wildman–Crippen MR) is 93.7 cm³/mol. The number of benzene rings is 1. The second kappa shape index (κ2) is 7.81. The van der Waals surface area contributed by atoms with E-state index in [0.29, 0.717) is 12.6 Å². The number of fused-ring (bicyclic) bond motifs is 1. The molecule has 0 unspecified atom stereocenters. The van der Waals surface area contributed by atoms with Gasteiger partial charge in [0.2, 0.25) is 5.91 Å². The molecule has 0 spiro atoms. The highest BCUT2D eigenvalue weighted by Crippen LogP contribution is 2.18. The maximum Gasteiger partial charge on any atom is 0.237 e. The normalized spacial score (nSPS) is 17.3. The first kappa shape index (κ1) is 17.0. The molecule has 5 heteroatoms. The Balaban J connectivity index is 1.58. The molecule has 1 saturated heterocycles. The second-order valence-corrected chi connectivity index (χ2v) is 6.74. The molecule has 1 aromatic carbocycles. The van der Waals surface area contributed by atoms with Crippen LogP contribution in [0.4, 0.5) is 0 Å². The Morgan fingerprint density at radius 2 is 2.00 bits per heavy atom. The molecule has 0 aliphatic carbocycles. The van der Waals surface area contributed by atoms with Gasteiger partial charge >= 0.3 is 0 Å². The van der Waals surface area contributed by atoms with E-state index >= 15 is 0 Å². The average Bonchev–Trinajstić information content (AvgIpc) is 3.01. The molecule has 2 N–H and O–H groups in total. The summed E-state index contributed by atoms with van der Waals surface area (Å²) in [5.41, 5.74) is 0.850. The lowest BCUT2D eigenvalue weighted by Crippen LogP contribution is -2.52. The van der Waals surface area contributed by atoms with Crippen LogP contribution in [0.3, 0.4) is 0 Å². The van der Waals surface area contributed by atoms with Gasteiger partial charge in [0.05, 0.1) is 12.6 Å². The number of para-hydroxylation sites is 1. The van der Waals surface area contributed by atoms with Gasteiger partial charge in [0.15, 0.2) is 0 Å². The minimum Gasteiger partial charge on any atom is -0.459 e. The third-order valence-electron chi connectivity index (χ3n) is 4.50. The molecule has 2 aromatic rings. The van der Waals surface area contributed by atoms with Gasteiger partial charge in [0.1, 0.15) is 11.3 Å². The van der Waals surface area contributed by atoms with Crippen LogP contribution in [0.5, 0.6) is 0 Å². The summed E-state index contributed by atoms with van der Waals surface area (Å²) in [6, 6.07) is 10.00.